The number of fused-ring (bicyclic) bond motifs is 3. The fraction of sp³-hybridized carbons (Fsp3) is 0.286. The van der Waals surface area contributed by atoms with Gasteiger partial charge in [0.05, 0.1) is 18.7 Å². The molecule has 2 heterocycles. The topological polar surface area (TPSA) is 46.5 Å². The van der Waals surface area contributed by atoms with Crippen molar-refractivity contribution in [2.24, 2.45) is 7.05 Å². The molecule has 0 radical (unpaired) electrons. The third kappa shape index (κ3) is 3.17. The summed E-state index contributed by atoms with van der Waals surface area (Å²) < 4.78 is 33.8. The van der Waals surface area contributed by atoms with E-state index in [1.165, 1.54) is 11.8 Å². The second-order valence-electron chi connectivity index (χ2n) is 6.84. The molecule has 0 bridgehead atoms. The molecular formula is C21H21F2N3O2. The van der Waals surface area contributed by atoms with Gasteiger partial charge in [0.1, 0.15) is 0 Å². The zero-order chi connectivity index (χ0) is 19.8. The Bertz CT molecular complexity index is 1060. The molecular weight excluding hydrogens is 364 g/mol. The smallest absolute Gasteiger partial charge is 0.410 e. The number of aromatic nitrogens is 1. The molecule has 0 fully saturated rings. The molecule has 5 nitrogen and oxygen atoms in total. The molecule has 2 aromatic carbocycles. The first kappa shape index (κ1) is 18.3. The monoisotopic (exact) mass is 385 g/mol. The van der Waals surface area contributed by atoms with Gasteiger partial charge in [-0.05, 0) is 31.2 Å². The van der Waals surface area contributed by atoms with Gasteiger partial charge in [-0.15, -0.1) is 0 Å². The van der Waals surface area contributed by atoms with Crippen LogP contribution in [0.25, 0.3) is 10.9 Å². The molecule has 1 aliphatic rings. The van der Waals surface area contributed by atoms with Crippen LogP contribution in [-0.2, 0) is 24.8 Å². The highest BCUT2D eigenvalue weighted by molar-refractivity contribution is 5.89. The lowest BCUT2D eigenvalue weighted by Crippen LogP contribution is -2.36. The van der Waals surface area contributed by atoms with E-state index in [-0.39, 0.29) is 6.09 Å². The zero-order valence-electron chi connectivity index (χ0n) is 15.8. The van der Waals surface area contributed by atoms with E-state index in [1.54, 1.807) is 11.8 Å². The van der Waals surface area contributed by atoms with Crippen molar-refractivity contribution in [3.05, 3.63) is 59.3 Å². The van der Waals surface area contributed by atoms with E-state index in [1.807, 2.05) is 25.2 Å². The van der Waals surface area contributed by atoms with E-state index in [0.29, 0.717) is 25.4 Å². The summed E-state index contributed by atoms with van der Waals surface area (Å²) >= 11 is 0. The summed E-state index contributed by atoms with van der Waals surface area (Å²) in [6.45, 7) is 3.29. The van der Waals surface area contributed by atoms with Gasteiger partial charge in [-0.2, -0.15) is 0 Å². The molecule has 1 N–H and O–H groups in total. The summed E-state index contributed by atoms with van der Waals surface area (Å²) in [5, 5.41) is 4.18. The number of halogens is 2. The normalized spacial score (nSPS) is 13.5. The maximum atomic E-state index is 13.4. The number of carbonyl (C=O) groups excluding carboxylic acids is 1. The van der Waals surface area contributed by atoms with Gasteiger partial charge in [0.25, 0.3) is 0 Å². The van der Waals surface area contributed by atoms with Crippen molar-refractivity contribution in [1.82, 2.24) is 9.47 Å². The number of ether oxygens (including phenoxy) is 1. The molecule has 0 unspecified atom stereocenters. The second kappa shape index (κ2) is 7.14. The van der Waals surface area contributed by atoms with Gasteiger partial charge in [0, 0.05) is 54.1 Å². The minimum atomic E-state index is -0.889. The standard InChI is InChI=1S/C21H21F2N3O2/c1-3-28-21(27)26-9-8-19-16(12-26)15-6-4-14(11-20(15)25(19)2)24-13-5-7-17(22)18(23)10-13/h4-7,10-11,24H,3,8-9,12H2,1-2H3. The van der Waals surface area contributed by atoms with E-state index in [9.17, 15) is 13.6 Å². The quantitative estimate of drug-likeness (QED) is 0.710. The molecule has 7 heteroatoms. The van der Waals surface area contributed by atoms with Crippen LogP contribution in [0.15, 0.2) is 36.4 Å². The number of rotatable bonds is 3. The highest BCUT2D eigenvalue weighted by atomic mass is 19.2. The Morgan fingerprint density at radius 3 is 2.64 bits per heavy atom. The molecule has 0 aliphatic carbocycles. The summed E-state index contributed by atoms with van der Waals surface area (Å²) in [7, 11) is 2.00. The molecule has 28 heavy (non-hydrogen) atoms. The highest BCUT2D eigenvalue weighted by Gasteiger charge is 2.26. The van der Waals surface area contributed by atoms with Crippen LogP contribution in [0.5, 0.6) is 0 Å². The Kier molecular flexibility index (Phi) is 4.66. The first-order valence-electron chi connectivity index (χ1n) is 9.22. The van der Waals surface area contributed by atoms with E-state index >= 15 is 0 Å². The number of aryl methyl sites for hydroxylation is 1. The van der Waals surface area contributed by atoms with Crippen molar-refractivity contribution in [2.45, 2.75) is 19.9 Å². The SMILES string of the molecule is CCOC(=O)N1CCc2c(c3ccc(Nc4ccc(F)c(F)c4)cc3n2C)C1. The predicted molar refractivity (Wildman–Crippen MR) is 104 cm³/mol. The minimum absolute atomic E-state index is 0.290. The lowest BCUT2D eigenvalue weighted by molar-refractivity contribution is 0.102. The summed E-state index contributed by atoms with van der Waals surface area (Å²) in [4.78, 5) is 13.8. The van der Waals surface area contributed by atoms with Gasteiger partial charge < -0.3 is 19.5 Å². The van der Waals surface area contributed by atoms with Gasteiger partial charge in [-0.3, -0.25) is 0 Å². The van der Waals surface area contributed by atoms with E-state index in [0.717, 1.165) is 40.7 Å². The largest absolute Gasteiger partial charge is 0.450 e. The zero-order valence-corrected chi connectivity index (χ0v) is 15.8. The van der Waals surface area contributed by atoms with Crippen molar-refractivity contribution in [2.75, 3.05) is 18.5 Å². The van der Waals surface area contributed by atoms with Crippen LogP contribution in [0.3, 0.4) is 0 Å². The Labute approximate surface area is 161 Å². The Hall–Kier alpha value is -3.09. The van der Waals surface area contributed by atoms with E-state index < -0.39 is 11.6 Å². The van der Waals surface area contributed by atoms with Crippen molar-refractivity contribution in [3.63, 3.8) is 0 Å². The van der Waals surface area contributed by atoms with E-state index in [4.69, 9.17) is 4.74 Å². The first-order chi connectivity index (χ1) is 13.5. The second-order valence-corrected chi connectivity index (χ2v) is 6.84. The number of benzene rings is 2. The van der Waals surface area contributed by atoms with Crippen LogP contribution in [0.2, 0.25) is 0 Å². The number of anilines is 2. The maximum absolute atomic E-state index is 13.4. The predicted octanol–water partition coefficient (Wildman–Crippen LogP) is 4.71. The van der Waals surface area contributed by atoms with Crippen molar-refractivity contribution >= 4 is 28.4 Å². The van der Waals surface area contributed by atoms with Crippen molar-refractivity contribution in [1.29, 1.82) is 0 Å². The van der Waals surface area contributed by atoms with Crippen LogP contribution in [0.1, 0.15) is 18.2 Å². The highest BCUT2D eigenvalue weighted by Crippen LogP contribution is 2.33. The fourth-order valence-electron chi connectivity index (χ4n) is 3.76. The molecule has 146 valence electrons. The lowest BCUT2D eigenvalue weighted by atomic mass is 10.0. The average molecular weight is 385 g/mol. The average Bonchev–Trinajstić information content (AvgIpc) is 2.96. The third-order valence-electron chi connectivity index (χ3n) is 5.14. The molecule has 0 atom stereocenters. The molecule has 0 saturated heterocycles. The van der Waals surface area contributed by atoms with Gasteiger partial charge in [0.2, 0.25) is 0 Å². The van der Waals surface area contributed by atoms with E-state index in [2.05, 4.69) is 9.88 Å². The van der Waals surface area contributed by atoms with Crippen LogP contribution in [0.4, 0.5) is 25.0 Å². The summed E-state index contributed by atoms with van der Waals surface area (Å²) in [5.41, 5.74) is 4.59. The number of carbonyl (C=O) groups is 1. The van der Waals surface area contributed by atoms with Gasteiger partial charge in [0.15, 0.2) is 11.6 Å². The maximum Gasteiger partial charge on any atom is 0.410 e. The van der Waals surface area contributed by atoms with Crippen LogP contribution >= 0.6 is 0 Å². The van der Waals surface area contributed by atoms with Gasteiger partial charge >= 0.3 is 6.09 Å². The summed E-state index contributed by atoms with van der Waals surface area (Å²) in [6, 6.07) is 9.59. The van der Waals surface area contributed by atoms with Gasteiger partial charge in [-0.1, -0.05) is 6.07 Å². The molecule has 4 rings (SSSR count). The van der Waals surface area contributed by atoms with Crippen LogP contribution in [-0.4, -0.2) is 28.7 Å². The first-order valence-corrected chi connectivity index (χ1v) is 9.22. The Morgan fingerprint density at radius 1 is 1.14 bits per heavy atom. The number of nitrogens with zero attached hydrogens (tertiary/aromatic N) is 2. The van der Waals surface area contributed by atoms with Gasteiger partial charge in [-0.25, -0.2) is 13.6 Å². The molecule has 0 spiro atoms. The lowest BCUT2D eigenvalue weighted by Gasteiger charge is -2.27. The van der Waals surface area contributed by atoms with Crippen LogP contribution < -0.4 is 5.32 Å². The van der Waals surface area contributed by atoms with Crippen molar-refractivity contribution < 1.29 is 18.3 Å². The number of amides is 1. The van der Waals surface area contributed by atoms with Crippen molar-refractivity contribution in [3.8, 4) is 0 Å². The Morgan fingerprint density at radius 2 is 1.89 bits per heavy atom. The Balaban J connectivity index is 1.65. The van der Waals surface area contributed by atoms with Crippen LogP contribution in [0, 0.1) is 11.6 Å². The number of hydrogen-bond donors (Lipinski definition) is 1. The molecule has 1 amide bonds. The molecule has 1 aromatic heterocycles. The fourth-order valence-corrected chi connectivity index (χ4v) is 3.76. The third-order valence-corrected chi connectivity index (χ3v) is 5.14. The molecule has 3 aromatic rings. The summed E-state index contributed by atoms with van der Waals surface area (Å²) in [5.74, 6) is -1.76. The molecule has 0 saturated carbocycles. The number of nitrogens with one attached hydrogen (secondary N) is 1. The summed E-state index contributed by atoms with van der Waals surface area (Å²) in [6.07, 6.45) is 0.465. The molecule has 1 aliphatic heterocycles. The number of hydrogen-bond acceptors (Lipinski definition) is 3. The minimum Gasteiger partial charge on any atom is -0.450 e.